The van der Waals surface area contributed by atoms with Gasteiger partial charge in [0.05, 0.1) is 0 Å². The van der Waals surface area contributed by atoms with Crippen LogP contribution in [0.5, 0.6) is 0 Å². The van der Waals surface area contributed by atoms with Crippen LogP contribution >= 0.6 is 0 Å². The van der Waals surface area contributed by atoms with Crippen molar-refractivity contribution in [2.75, 3.05) is 6.54 Å². The zero-order valence-corrected chi connectivity index (χ0v) is 12.4. The molecule has 2 amide bonds. The molecule has 18 heavy (non-hydrogen) atoms. The minimum atomic E-state index is 0.00625. The Labute approximate surface area is 111 Å². The molecule has 106 valence electrons. The molecule has 0 rings (SSSR count). The number of unbranched alkanes of at least 4 members (excludes halogenated alkanes) is 2. The van der Waals surface area contributed by atoms with E-state index in [2.05, 4.69) is 31.4 Å². The Morgan fingerprint density at radius 2 is 1.72 bits per heavy atom. The molecule has 2 N–H and O–H groups in total. The van der Waals surface area contributed by atoms with Crippen LogP contribution in [0.3, 0.4) is 0 Å². The summed E-state index contributed by atoms with van der Waals surface area (Å²) in [5.41, 5.74) is 0.0983. The average Bonchev–Trinajstić information content (AvgIpc) is 2.21. The van der Waals surface area contributed by atoms with E-state index in [1.165, 1.54) is 6.92 Å². The van der Waals surface area contributed by atoms with E-state index in [4.69, 9.17) is 0 Å². The fourth-order valence-corrected chi connectivity index (χ4v) is 1.38. The van der Waals surface area contributed by atoms with Crippen LogP contribution in [0.15, 0.2) is 0 Å². The highest BCUT2D eigenvalue weighted by Gasteiger charge is 2.21. The number of hydrogen-bond acceptors (Lipinski definition) is 2. The molecule has 0 aromatic carbocycles. The van der Waals surface area contributed by atoms with Gasteiger partial charge in [-0.1, -0.05) is 27.2 Å². The maximum atomic E-state index is 11.7. The molecule has 0 aliphatic carbocycles. The van der Waals surface area contributed by atoms with E-state index in [-0.39, 0.29) is 23.3 Å². The highest BCUT2D eigenvalue weighted by Crippen LogP contribution is 2.18. The average molecular weight is 256 g/mol. The molecule has 0 aliphatic rings. The maximum Gasteiger partial charge on any atom is 0.220 e. The Kier molecular flexibility index (Phi) is 7.64. The number of carbonyl (C=O) groups is 2. The van der Waals surface area contributed by atoms with Crippen LogP contribution in [-0.4, -0.2) is 24.4 Å². The lowest BCUT2D eigenvalue weighted by Gasteiger charge is -2.28. The van der Waals surface area contributed by atoms with Crippen LogP contribution in [-0.2, 0) is 9.59 Å². The summed E-state index contributed by atoms with van der Waals surface area (Å²) < 4.78 is 0. The molecular weight excluding hydrogens is 228 g/mol. The summed E-state index contributed by atoms with van der Waals surface area (Å²) in [6.45, 7) is 10.6. The molecule has 0 aromatic heterocycles. The van der Waals surface area contributed by atoms with E-state index < -0.39 is 0 Å². The lowest BCUT2D eigenvalue weighted by atomic mass is 9.88. The molecule has 0 aliphatic heterocycles. The van der Waals surface area contributed by atoms with Gasteiger partial charge in [-0.3, -0.25) is 9.59 Å². The van der Waals surface area contributed by atoms with Crippen molar-refractivity contribution in [2.45, 2.75) is 66.3 Å². The highest BCUT2D eigenvalue weighted by atomic mass is 16.2. The number of amides is 2. The first kappa shape index (κ1) is 16.9. The Morgan fingerprint density at radius 1 is 1.11 bits per heavy atom. The first-order valence-corrected chi connectivity index (χ1v) is 6.77. The molecule has 0 aromatic rings. The van der Waals surface area contributed by atoms with Crippen LogP contribution in [0.2, 0.25) is 0 Å². The van der Waals surface area contributed by atoms with Gasteiger partial charge in [0.15, 0.2) is 0 Å². The molecule has 4 heteroatoms. The molecule has 0 radical (unpaired) electrons. The molecule has 0 spiro atoms. The van der Waals surface area contributed by atoms with Crippen molar-refractivity contribution in [2.24, 2.45) is 5.41 Å². The number of rotatable bonds is 7. The van der Waals surface area contributed by atoms with E-state index in [1.807, 2.05) is 6.92 Å². The molecule has 4 nitrogen and oxygen atoms in total. The SMILES string of the molecule is CC(=O)NCCCCCC(=O)NC(C)C(C)(C)C. The Morgan fingerprint density at radius 3 is 2.22 bits per heavy atom. The largest absolute Gasteiger partial charge is 0.356 e. The summed E-state index contributed by atoms with van der Waals surface area (Å²) in [5, 5.41) is 5.77. The summed E-state index contributed by atoms with van der Waals surface area (Å²) in [5.74, 6) is 0.128. The van der Waals surface area contributed by atoms with E-state index in [1.54, 1.807) is 0 Å². The number of hydrogen-bond donors (Lipinski definition) is 2. The maximum absolute atomic E-state index is 11.7. The second kappa shape index (κ2) is 8.11. The summed E-state index contributed by atoms with van der Waals surface area (Å²) in [7, 11) is 0. The number of carbonyl (C=O) groups excluding carboxylic acids is 2. The second-order valence-corrected chi connectivity index (χ2v) is 5.95. The van der Waals surface area contributed by atoms with E-state index in [0.717, 1.165) is 19.3 Å². The summed E-state index contributed by atoms with van der Waals surface area (Å²) >= 11 is 0. The third kappa shape index (κ3) is 9.02. The second-order valence-electron chi connectivity index (χ2n) is 5.95. The Balaban J connectivity index is 3.57. The van der Waals surface area contributed by atoms with Gasteiger partial charge in [0.1, 0.15) is 0 Å². The summed E-state index contributed by atoms with van der Waals surface area (Å²) in [6, 6.07) is 0.185. The van der Waals surface area contributed by atoms with Gasteiger partial charge in [-0.25, -0.2) is 0 Å². The fourth-order valence-electron chi connectivity index (χ4n) is 1.38. The monoisotopic (exact) mass is 256 g/mol. The molecule has 0 saturated heterocycles. The molecule has 0 saturated carbocycles. The minimum Gasteiger partial charge on any atom is -0.356 e. The fraction of sp³-hybridized carbons (Fsp3) is 0.857. The first-order chi connectivity index (χ1) is 8.23. The van der Waals surface area contributed by atoms with E-state index in [0.29, 0.717) is 13.0 Å². The molecule has 0 heterocycles. The first-order valence-electron chi connectivity index (χ1n) is 6.77. The number of nitrogens with one attached hydrogen (secondary N) is 2. The minimum absolute atomic E-state index is 0.00625. The lowest BCUT2D eigenvalue weighted by molar-refractivity contribution is -0.122. The summed E-state index contributed by atoms with van der Waals surface area (Å²) in [6.07, 6.45) is 3.35. The van der Waals surface area contributed by atoms with Gasteiger partial charge >= 0.3 is 0 Å². The molecule has 0 fully saturated rings. The third-order valence-corrected chi connectivity index (χ3v) is 3.13. The van der Waals surface area contributed by atoms with Crippen molar-refractivity contribution in [1.29, 1.82) is 0 Å². The molecule has 1 atom stereocenters. The van der Waals surface area contributed by atoms with Crippen LogP contribution < -0.4 is 10.6 Å². The smallest absolute Gasteiger partial charge is 0.220 e. The van der Waals surface area contributed by atoms with Crippen LogP contribution in [0.1, 0.15) is 60.3 Å². The molecular formula is C14H28N2O2. The molecule has 1 unspecified atom stereocenters. The standard InChI is InChI=1S/C14H28N2O2/c1-11(14(3,4)5)16-13(18)9-7-6-8-10-15-12(2)17/h11H,6-10H2,1-5H3,(H,15,17)(H,16,18). The van der Waals surface area contributed by atoms with Crippen molar-refractivity contribution < 1.29 is 9.59 Å². The Bertz CT molecular complexity index is 269. The van der Waals surface area contributed by atoms with Gasteiger partial charge in [0.2, 0.25) is 11.8 Å². The van der Waals surface area contributed by atoms with E-state index in [9.17, 15) is 9.59 Å². The third-order valence-electron chi connectivity index (χ3n) is 3.13. The van der Waals surface area contributed by atoms with Gasteiger partial charge in [-0.2, -0.15) is 0 Å². The topological polar surface area (TPSA) is 58.2 Å². The van der Waals surface area contributed by atoms with Crippen LogP contribution in [0.4, 0.5) is 0 Å². The van der Waals surface area contributed by atoms with Crippen molar-refractivity contribution in [3.63, 3.8) is 0 Å². The predicted molar refractivity (Wildman–Crippen MR) is 74.2 cm³/mol. The zero-order chi connectivity index (χ0) is 14.2. The quantitative estimate of drug-likeness (QED) is 0.686. The van der Waals surface area contributed by atoms with Gasteiger partial charge in [0.25, 0.3) is 0 Å². The van der Waals surface area contributed by atoms with Crippen molar-refractivity contribution >= 4 is 11.8 Å². The zero-order valence-electron chi connectivity index (χ0n) is 12.4. The molecule has 0 bridgehead atoms. The predicted octanol–water partition coefficient (Wildman–Crippen LogP) is 2.23. The van der Waals surface area contributed by atoms with Crippen molar-refractivity contribution in [3.05, 3.63) is 0 Å². The van der Waals surface area contributed by atoms with Crippen LogP contribution in [0.25, 0.3) is 0 Å². The van der Waals surface area contributed by atoms with Crippen LogP contribution in [0, 0.1) is 5.41 Å². The van der Waals surface area contributed by atoms with Crippen molar-refractivity contribution in [1.82, 2.24) is 10.6 Å². The summed E-state index contributed by atoms with van der Waals surface area (Å²) in [4.78, 5) is 22.3. The van der Waals surface area contributed by atoms with Gasteiger partial charge in [-0.05, 0) is 25.2 Å². The van der Waals surface area contributed by atoms with Gasteiger partial charge in [0, 0.05) is 25.9 Å². The lowest BCUT2D eigenvalue weighted by Crippen LogP contribution is -2.41. The highest BCUT2D eigenvalue weighted by molar-refractivity contribution is 5.76. The van der Waals surface area contributed by atoms with Crippen molar-refractivity contribution in [3.8, 4) is 0 Å². The van der Waals surface area contributed by atoms with Gasteiger partial charge < -0.3 is 10.6 Å². The normalized spacial score (nSPS) is 12.9. The Hall–Kier alpha value is -1.06. The van der Waals surface area contributed by atoms with E-state index >= 15 is 0 Å². The van der Waals surface area contributed by atoms with Gasteiger partial charge in [-0.15, -0.1) is 0 Å².